The Morgan fingerprint density at radius 1 is 0.429 bits per heavy atom. The maximum absolute atomic E-state index is 12.1. The Hall–Kier alpha value is -2.20. The lowest BCUT2D eigenvalue weighted by Gasteiger charge is -2.29. The van der Waals surface area contributed by atoms with Crippen LogP contribution in [0, 0.1) is 0 Å². The lowest BCUT2D eigenvalue weighted by Crippen LogP contribution is -2.48. The summed E-state index contributed by atoms with van der Waals surface area (Å²) in [6.07, 6.45) is 0. The molecule has 0 N–H and O–H groups in total. The van der Waals surface area contributed by atoms with Crippen LogP contribution in [-0.2, 0) is 19.2 Å². The summed E-state index contributed by atoms with van der Waals surface area (Å²) in [7, 11) is 13.3. The summed E-state index contributed by atoms with van der Waals surface area (Å²) in [4.78, 5) is 57.8. The standard InChI is InChI=1S/C18H36N6O4/c1-19(2)15(25)11-23(12-16(26)20(3)4)9-10-24(13-17(27)21(5)6)14-18(28)22(7)8/h9-14H2,1-8H3. The molecule has 0 aliphatic carbocycles. The van der Waals surface area contributed by atoms with Crippen molar-refractivity contribution >= 4 is 23.6 Å². The Bertz CT molecular complexity index is 456. The van der Waals surface area contributed by atoms with Gasteiger partial charge < -0.3 is 19.6 Å². The van der Waals surface area contributed by atoms with E-state index in [2.05, 4.69) is 0 Å². The van der Waals surface area contributed by atoms with E-state index >= 15 is 0 Å². The van der Waals surface area contributed by atoms with Gasteiger partial charge in [-0.1, -0.05) is 0 Å². The van der Waals surface area contributed by atoms with Gasteiger partial charge in [-0.05, 0) is 0 Å². The summed E-state index contributed by atoms with van der Waals surface area (Å²) >= 11 is 0. The largest absolute Gasteiger partial charge is 0.348 e. The van der Waals surface area contributed by atoms with Crippen molar-refractivity contribution < 1.29 is 19.2 Å². The van der Waals surface area contributed by atoms with Crippen LogP contribution >= 0.6 is 0 Å². The van der Waals surface area contributed by atoms with Crippen LogP contribution < -0.4 is 0 Å². The molecule has 0 fully saturated rings. The number of rotatable bonds is 11. The van der Waals surface area contributed by atoms with Crippen molar-refractivity contribution in [3.05, 3.63) is 0 Å². The second-order valence-electron chi connectivity index (χ2n) is 7.57. The fourth-order valence-electron chi connectivity index (χ4n) is 2.04. The fraction of sp³-hybridized carbons (Fsp3) is 0.778. The van der Waals surface area contributed by atoms with E-state index in [-0.39, 0.29) is 49.8 Å². The fourth-order valence-corrected chi connectivity index (χ4v) is 2.04. The second kappa shape index (κ2) is 12.3. The molecule has 10 nitrogen and oxygen atoms in total. The van der Waals surface area contributed by atoms with Crippen LogP contribution in [0.1, 0.15) is 0 Å². The molecule has 0 unspecified atom stereocenters. The van der Waals surface area contributed by atoms with Crippen LogP contribution in [0.3, 0.4) is 0 Å². The molecule has 0 aliphatic heterocycles. The first-order valence-electron chi connectivity index (χ1n) is 9.10. The molecule has 4 amide bonds. The van der Waals surface area contributed by atoms with Gasteiger partial charge in [0, 0.05) is 69.5 Å². The zero-order valence-electron chi connectivity index (χ0n) is 18.6. The molecule has 162 valence electrons. The average molecular weight is 401 g/mol. The van der Waals surface area contributed by atoms with Crippen molar-refractivity contribution in [1.29, 1.82) is 0 Å². The van der Waals surface area contributed by atoms with E-state index in [1.807, 2.05) is 0 Å². The average Bonchev–Trinajstić information content (AvgIpc) is 2.58. The van der Waals surface area contributed by atoms with Gasteiger partial charge in [-0.25, -0.2) is 0 Å². The summed E-state index contributed by atoms with van der Waals surface area (Å²) in [5.41, 5.74) is 0. The summed E-state index contributed by atoms with van der Waals surface area (Å²) in [6.45, 7) is 1.10. The van der Waals surface area contributed by atoms with Gasteiger partial charge >= 0.3 is 0 Å². The number of hydrogen-bond donors (Lipinski definition) is 0. The van der Waals surface area contributed by atoms with Gasteiger partial charge in [0.2, 0.25) is 23.6 Å². The van der Waals surface area contributed by atoms with Gasteiger partial charge in [-0.2, -0.15) is 0 Å². The summed E-state index contributed by atoms with van der Waals surface area (Å²) in [6, 6.07) is 0. The molecule has 0 aromatic carbocycles. The first-order chi connectivity index (χ1) is 12.8. The Kier molecular flexibility index (Phi) is 11.3. The monoisotopic (exact) mass is 400 g/mol. The Balaban J connectivity index is 5.17. The second-order valence-corrected chi connectivity index (χ2v) is 7.57. The van der Waals surface area contributed by atoms with Gasteiger partial charge in [-0.3, -0.25) is 29.0 Å². The van der Waals surface area contributed by atoms with Crippen molar-refractivity contribution in [3.8, 4) is 0 Å². The van der Waals surface area contributed by atoms with E-state index in [0.29, 0.717) is 13.1 Å². The van der Waals surface area contributed by atoms with Crippen molar-refractivity contribution in [3.63, 3.8) is 0 Å². The Morgan fingerprint density at radius 2 is 0.607 bits per heavy atom. The molecule has 0 radical (unpaired) electrons. The number of carbonyl (C=O) groups excluding carboxylic acids is 4. The zero-order valence-corrected chi connectivity index (χ0v) is 18.6. The molecule has 0 aliphatic rings. The quantitative estimate of drug-likeness (QED) is 0.397. The molecule has 0 saturated heterocycles. The summed E-state index contributed by atoms with van der Waals surface area (Å²) in [5, 5.41) is 0. The minimum Gasteiger partial charge on any atom is -0.348 e. The minimum atomic E-state index is -0.119. The minimum absolute atomic E-state index is 0.0870. The first kappa shape index (κ1) is 25.8. The van der Waals surface area contributed by atoms with Crippen LogP contribution in [0.4, 0.5) is 0 Å². The van der Waals surface area contributed by atoms with Crippen LogP contribution in [0.25, 0.3) is 0 Å². The van der Waals surface area contributed by atoms with Crippen molar-refractivity contribution in [1.82, 2.24) is 29.4 Å². The highest BCUT2D eigenvalue weighted by molar-refractivity contribution is 5.81. The maximum atomic E-state index is 12.1. The predicted octanol–water partition coefficient (Wildman–Crippen LogP) is -2.06. The Morgan fingerprint density at radius 3 is 0.750 bits per heavy atom. The first-order valence-corrected chi connectivity index (χ1v) is 9.10. The van der Waals surface area contributed by atoms with Crippen LogP contribution in [0.5, 0.6) is 0 Å². The molecular weight excluding hydrogens is 364 g/mol. The van der Waals surface area contributed by atoms with Gasteiger partial charge in [0.1, 0.15) is 0 Å². The highest BCUT2D eigenvalue weighted by Crippen LogP contribution is 1.99. The third-order valence-corrected chi connectivity index (χ3v) is 4.16. The number of amides is 4. The lowest BCUT2D eigenvalue weighted by molar-refractivity contribution is -0.136. The van der Waals surface area contributed by atoms with Crippen LogP contribution in [0.2, 0.25) is 0 Å². The summed E-state index contributed by atoms with van der Waals surface area (Å²) < 4.78 is 0. The number of likely N-dealkylation sites (N-methyl/N-ethyl adjacent to an activating group) is 4. The van der Waals surface area contributed by atoms with E-state index in [1.54, 1.807) is 66.2 Å². The van der Waals surface area contributed by atoms with E-state index in [9.17, 15) is 19.2 Å². The molecule has 0 saturated carbocycles. The summed E-state index contributed by atoms with van der Waals surface area (Å²) in [5.74, 6) is -0.475. The van der Waals surface area contributed by atoms with E-state index < -0.39 is 0 Å². The molecule has 0 heterocycles. The van der Waals surface area contributed by atoms with Gasteiger partial charge in [0.05, 0.1) is 26.2 Å². The van der Waals surface area contributed by atoms with Gasteiger partial charge in [0.25, 0.3) is 0 Å². The SMILES string of the molecule is CN(C)C(=O)CN(CCN(CC(=O)N(C)C)CC(=O)N(C)C)CC(=O)N(C)C. The lowest BCUT2D eigenvalue weighted by atomic mass is 10.3. The molecule has 0 aromatic rings. The van der Waals surface area contributed by atoms with Crippen molar-refractivity contribution in [2.75, 3.05) is 95.6 Å². The molecular formula is C18H36N6O4. The van der Waals surface area contributed by atoms with Gasteiger partial charge in [0.15, 0.2) is 0 Å². The smallest absolute Gasteiger partial charge is 0.236 e. The topological polar surface area (TPSA) is 87.7 Å². The molecule has 0 bridgehead atoms. The van der Waals surface area contributed by atoms with Crippen LogP contribution in [0.15, 0.2) is 0 Å². The third-order valence-electron chi connectivity index (χ3n) is 4.16. The van der Waals surface area contributed by atoms with Crippen LogP contribution in [-0.4, -0.2) is 149 Å². The maximum Gasteiger partial charge on any atom is 0.236 e. The van der Waals surface area contributed by atoms with Crippen molar-refractivity contribution in [2.24, 2.45) is 0 Å². The zero-order chi connectivity index (χ0) is 22.0. The van der Waals surface area contributed by atoms with Gasteiger partial charge in [-0.15, -0.1) is 0 Å². The molecule has 0 atom stereocenters. The molecule has 28 heavy (non-hydrogen) atoms. The normalized spacial score (nSPS) is 10.8. The van der Waals surface area contributed by atoms with E-state index in [4.69, 9.17) is 0 Å². The highest BCUT2D eigenvalue weighted by atomic mass is 16.2. The van der Waals surface area contributed by atoms with E-state index in [0.717, 1.165) is 0 Å². The highest BCUT2D eigenvalue weighted by Gasteiger charge is 2.21. The molecule has 0 spiro atoms. The Labute approximate surface area is 168 Å². The number of nitrogens with zero attached hydrogens (tertiary/aromatic N) is 6. The van der Waals surface area contributed by atoms with Crippen molar-refractivity contribution in [2.45, 2.75) is 0 Å². The number of hydrogen-bond acceptors (Lipinski definition) is 6. The number of carbonyl (C=O) groups is 4. The molecule has 0 rings (SSSR count). The van der Waals surface area contributed by atoms with E-state index in [1.165, 1.54) is 19.6 Å². The molecule has 0 aromatic heterocycles. The predicted molar refractivity (Wildman–Crippen MR) is 108 cm³/mol. The molecule has 10 heteroatoms. The third kappa shape index (κ3) is 10.2.